The minimum atomic E-state index is -4.65. The van der Waals surface area contributed by atoms with Crippen LogP contribution in [0.1, 0.15) is 32.3 Å². The van der Waals surface area contributed by atoms with E-state index in [2.05, 4.69) is 28.8 Å². The van der Waals surface area contributed by atoms with E-state index in [1.54, 1.807) is 12.1 Å². The lowest BCUT2D eigenvalue weighted by molar-refractivity contribution is -0.274. The molecule has 1 aliphatic heterocycles. The maximum atomic E-state index is 12.3. The zero-order chi connectivity index (χ0) is 18.7. The molecule has 2 aliphatic rings. The largest absolute Gasteiger partial charge is 0.658 e. The highest BCUT2D eigenvalue weighted by molar-refractivity contribution is 5.30. The van der Waals surface area contributed by atoms with Crippen molar-refractivity contribution in [1.29, 1.82) is 0 Å². The number of rotatable bonds is 9. The molecule has 0 spiro atoms. The Morgan fingerprint density at radius 2 is 2.00 bits per heavy atom. The number of benzene rings is 1. The van der Waals surface area contributed by atoms with Crippen LogP contribution in [0.3, 0.4) is 0 Å². The first-order valence-electron chi connectivity index (χ1n) is 9.56. The molecule has 0 amide bonds. The number of ether oxygens (including phenoxy) is 1. The molecule has 1 aromatic carbocycles. The monoisotopic (exact) mass is 369 g/mol. The van der Waals surface area contributed by atoms with Crippen molar-refractivity contribution >= 4 is 0 Å². The number of nitrogens with zero attached hydrogens (tertiary/aromatic N) is 2. The van der Waals surface area contributed by atoms with E-state index in [-0.39, 0.29) is 5.75 Å². The van der Waals surface area contributed by atoms with Gasteiger partial charge in [-0.2, -0.15) is 0 Å². The van der Waals surface area contributed by atoms with Crippen LogP contribution in [0.15, 0.2) is 24.3 Å². The Balaban J connectivity index is 1.36. The smallest absolute Gasteiger partial charge is 0.573 e. The molecule has 0 N–H and O–H groups in total. The number of alkyl halides is 3. The van der Waals surface area contributed by atoms with Gasteiger partial charge in [-0.15, -0.1) is 26.3 Å². The van der Waals surface area contributed by atoms with Crippen molar-refractivity contribution in [2.45, 2.75) is 39.6 Å². The van der Waals surface area contributed by atoms with E-state index in [4.69, 9.17) is 0 Å². The van der Waals surface area contributed by atoms with Gasteiger partial charge in [-0.25, -0.2) is 0 Å². The second kappa shape index (κ2) is 8.17. The molecule has 6 heteroatoms. The molecule has 3 nitrogen and oxygen atoms in total. The number of likely N-dealkylation sites (tertiary alicyclic amines) is 1. The highest BCUT2D eigenvalue weighted by Gasteiger charge is 2.53. The first kappa shape index (κ1) is 19.5. The molecule has 3 unspecified atom stereocenters. The average Bonchev–Trinajstić information content (AvgIpc) is 2.99. The van der Waals surface area contributed by atoms with Crippen LogP contribution in [0, 0.1) is 23.7 Å². The Labute approximate surface area is 153 Å². The summed E-state index contributed by atoms with van der Waals surface area (Å²) < 4.78 is 40.8. The molecule has 1 aromatic rings. The minimum Gasteiger partial charge on any atom is -0.658 e. The van der Waals surface area contributed by atoms with Gasteiger partial charge in [0.15, 0.2) is 0 Å². The van der Waals surface area contributed by atoms with Crippen LogP contribution in [-0.2, 0) is 6.54 Å². The maximum Gasteiger partial charge on any atom is 0.573 e. The van der Waals surface area contributed by atoms with Gasteiger partial charge in [-0.3, -0.25) is 0 Å². The Morgan fingerprint density at radius 3 is 2.65 bits per heavy atom. The summed E-state index contributed by atoms with van der Waals surface area (Å²) in [7, 11) is 0. The zero-order valence-corrected chi connectivity index (χ0v) is 15.5. The molecule has 26 heavy (non-hydrogen) atoms. The second-order valence-electron chi connectivity index (χ2n) is 7.86. The van der Waals surface area contributed by atoms with Gasteiger partial charge >= 0.3 is 6.36 Å². The number of hydrogen-bond donors (Lipinski definition) is 0. The topological polar surface area (TPSA) is 26.6 Å². The number of fused-ring (bicyclic) bond motifs is 1. The lowest BCUT2D eigenvalue weighted by Crippen LogP contribution is -2.29. The molecule has 3 rings (SSSR count). The number of hydrogen-bond acceptors (Lipinski definition) is 2. The summed E-state index contributed by atoms with van der Waals surface area (Å²) in [6.45, 7) is 9.41. The van der Waals surface area contributed by atoms with Crippen LogP contribution < -0.4 is 4.74 Å². The summed E-state index contributed by atoms with van der Waals surface area (Å²) in [5, 5.41) is 4.58. The van der Waals surface area contributed by atoms with Gasteiger partial charge in [0.25, 0.3) is 0 Å². The fraction of sp³-hybridized carbons (Fsp3) is 0.700. The molecule has 146 valence electrons. The van der Waals surface area contributed by atoms with Crippen molar-refractivity contribution in [1.82, 2.24) is 4.90 Å². The van der Waals surface area contributed by atoms with Gasteiger partial charge in [-0.1, -0.05) is 43.9 Å². The molecule has 1 saturated heterocycles. The maximum absolute atomic E-state index is 12.3. The van der Waals surface area contributed by atoms with E-state index in [0.717, 1.165) is 29.9 Å². The normalized spacial score (nSPS) is 26.6. The van der Waals surface area contributed by atoms with E-state index < -0.39 is 6.36 Å². The lowest BCUT2D eigenvalue weighted by atomic mass is 10.1. The predicted octanol–water partition coefficient (Wildman–Crippen LogP) is 5.07. The Kier molecular flexibility index (Phi) is 6.13. The van der Waals surface area contributed by atoms with Crippen molar-refractivity contribution in [3.8, 4) is 5.75 Å². The molecule has 3 atom stereocenters. The fourth-order valence-corrected chi connectivity index (χ4v) is 4.37. The van der Waals surface area contributed by atoms with Crippen LogP contribution in [-0.4, -0.2) is 37.4 Å². The first-order valence-corrected chi connectivity index (χ1v) is 9.56. The Morgan fingerprint density at radius 1 is 1.27 bits per heavy atom. The molecule has 1 aliphatic carbocycles. The highest BCUT2D eigenvalue weighted by Crippen LogP contribution is 2.52. The summed E-state index contributed by atoms with van der Waals surface area (Å²) >= 11 is 0. The second-order valence-corrected chi connectivity index (χ2v) is 7.86. The fourth-order valence-electron chi connectivity index (χ4n) is 4.37. The molecule has 2 fully saturated rings. The summed E-state index contributed by atoms with van der Waals surface area (Å²) in [6.07, 6.45) is -2.11. The van der Waals surface area contributed by atoms with E-state index in [1.807, 2.05) is 0 Å². The molecular weight excluding hydrogens is 341 g/mol. The molecule has 1 heterocycles. The van der Waals surface area contributed by atoms with Gasteiger partial charge in [-0.05, 0) is 36.3 Å². The number of halogens is 3. The Bertz CT molecular complexity index is 581. The summed E-state index contributed by atoms with van der Waals surface area (Å²) in [6, 6.07) is 6.10. The average molecular weight is 369 g/mol. The molecule has 0 radical (unpaired) electrons. The van der Waals surface area contributed by atoms with Crippen LogP contribution in [0.25, 0.3) is 5.32 Å². The van der Waals surface area contributed by atoms with Crippen molar-refractivity contribution < 1.29 is 17.9 Å². The van der Waals surface area contributed by atoms with E-state index in [1.165, 1.54) is 44.6 Å². The number of piperidine rings is 1. The molecule has 0 bridgehead atoms. The molecule has 1 saturated carbocycles. The Hall–Kier alpha value is -1.27. The van der Waals surface area contributed by atoms with Crippen LogP contribution >= 0.6 is 0 Å². The third-order valence-corrected chi connectivity index (χ3v) is 5.56. The lowest BCUT2D eigenvalue weighted by Gasteiger charge is -2.26. The third-order valence-electron chi connectivity index (χ3n) is 5.56. The standard InChI is InChI=1S/C20H28F3N2O/c1-3-5-14(2)11-25-12-18-17(19(18)13-25)10-24-9-15-6-4-7-16(8-15)26-20(21,22)23/h4,6-8,14,17-19H,3,5,9-13H2,1-2H3/q-1. The van der Waals surface area contributed by atoms with Crippen LogP contribution in [0.5, 0.6) is 5.75 Å². The van der Waals surface area contributed by atoms with Crippen molar-refractivity contribution in [2.24, 2.45) is 23.7 Å². The highest BCUT2D eigenvalue weighted by atomic mass is 19.4. The SMILES string of the molecule is CCCC(C)CN1CC2C(C[N-]Cc3cccc(OC(F)(F)F)c3)C2C1. The minimum absolute atomic E-state index is 0.176. The quantitative estimate of drug-likeness (QED) is 0.607. The van der Waals surface area contributed by atoms with E-state index >= 15 is 0 Å². The van der Waals surface area contributed by atoms with Gasteiger partial charge in [0, 0.05) is 19.6 Å². The van der Waals surface area contributed by atoms with Gasteiger partial charge in [0.05, 0.1) is 0 Å². The summed E-state index contributed by atoms with van der Waals surface area (Å²) in [4.78, 5) is 2.59. The van der Waals surface area contributed by atoms with E-state index in [0.29, 0.717) is 12.5 Å². The van der Waals surface area contributed by atoms with E-state index in [9.17, 15) is 13.2 Å². The van der Waals surface area contributed by atoms with Crippen LogP contribution in [0.4, 0.5) is 13.2 Å². The zero-order valence-electron chi connectivity index (χ0n) is 15.5. The van der Waals surface area contributed by atoms with Gasteiger partial charge < -0.3 is 15.0 Å². The molecular formula is C20H28F3N2O-. The van der Waals surface area contributed by atoms with Crippen molar-refractivity contribution in [2.75, 3.05) is 26.2 Å². The summed E-state index contributed by atoms with van der Waals surface area (Å²) in [5.41, 5.74) is 0.757. The summed E-state index contributed by atoms with van der Waals surface area (Å²) in [5.74, 6) is 2.81. The van der Waals surface area contributed by atoms with Crippen LogP contribution in [0.2, 0.25) is 0 Å². The third kappa shape index (κ3) is 5.36. The molecule has 0 aromatic heterocycles. The first-order chi connectivity index (χ1) is 12.4. The van der Waals surface area contributed by atoms with Crippen molar-refractivity contribution in [3.63, 3.8) is 0 Å². The van der Waals surface area contributed by atoms with Gasteiger partial charge in [0.2, 0.25) is 0 Å². The van der Waals surface area contributed by atoms with Crippen molar-refractivity contribution in [3.05, 3.63) is 35.1 Å². The predicted molar refractivity (Wildman–Crippen MR) is 96.0 cm³/mol. The van der Waals surface area contributed by atoms with Gasteiger partial charge in [0.1, 0.15) is 5.75 Å².